The average Bonchev–Trinajstić information content (AvgIpc) is 3.13. The van der Waals surface area contributed by atoms with Gasteiger partial charge in [0.1, 0.15) is 6.33 Å². The highest BCUT2D eigenvalue weighted by molar-refractivity contribution is 5.91. The Morgan fingerprint density at radius 3 is 2.88 bits per heavy atom. The second-order valence-electron chi connectivity index (χ2n) is 5.33. The molecule has 0 saturated carbocycles. The predicted molar refractivity (Wildman–Crippen MR) is 89.0 cm³/mol. The Labute approximate surface area is 143 Å². The van der Waals surface area contributed by atoms with E-state index in [4.69, 9.17) is 4.74 Å². The van der Waals surface area contributed by atoms with Crippen LogP contribution in [0.2, 0.25) is 0 Å². The molecule has 0 aliphatic rings. The molecule has 0 spiro atoms. The van der Waals surface area contributed by atoms with Gasteiger partial charge in [0.25, 0.3) is 0 Å². The Morgan fingerprint density at radius 2 is 2.12 bits per heavy atom. The summed E-state index contributed by atoms with van der Waals surface area (Å²) in [7, 11) is 0. The molecule has 0 atom stereocenters. The van der Waals surface area contributed by atoms with Gasteiger partial charge in [-0.3, -0.25) is 4.79 Å². The zero-order chi connectivity index (χ0) is 17.6. The molecule has 2 aromatic carbocycles. The molecule has 0 fully saturated rings. The summed E-state index contributed by atoms with van der Waals surface area (Å²) in [6.45, 7) is 2.00. The minimum absolute atomic E-state index is 0.0818. The molecule has 0 bridgehead atoms. The molecule has 0 unspecified atom stereocenters. The highest BCUT2D eigenvalue weighted by atomic mass is 19.1. The van der Waals surface area contributed by atoms with Gasteiger partial charge in [-0.15, -0.1) is 5.10 Å². The lowest BCUT2D eigenvalue weighted by atomic mass is 10.2. The van der Waals surface area contributed by atoms with Crippen molar-refractivity contribution in [3.8, 4) is 11.4 Å². The van der Waals surface area contributed by atoms with Crippen LogP contribution in [0.3, 0.4) is 0 Å². The minimum Gasteiger partial charge on any atom is -0.490 e. The summed E-state index contributed by atoms with van der Waals surface area (Å²) in [5.74, 6) is -0.554. The molecule has 3 aromatic rings. The number of anilines is 1. The Bertz CT molecular complexity index is 867. The Hall–Kier alpha value is -3.29. The molecule has 1 aromatic heterocycles. The molecule has 1 N–H and O–H groups in total. The smallest absolute Gasteiger partial charge is 0.227 e. The van der Waals surface area contributed by atoms with Crippen LogP contribution in [0.5, 0.6) is 5.75 Å². The summed E-state index contributed by atoms with van der Waals surface area (Å²) in [5.41, 5.74) is 2.35. The van der Waals surface area contributed by atoms with Crippen LogP contribution in [-0.4, -0.2) is 32.7 Å². The number of benzene rings is 2. The molecule has 0 radical (unpaired) electrons. The van der Waals surface area contributed by atoms with Gasteiger partial charge in [-0.25, -0.2) is 9.07 Å². The van der Waals surface area contributed by atoms with E-state index in [1.54, 1.807) is 24.3 Å². The van der Waals surface area contributed by atoms with E-state index in [0.29, 0.717) is 5.69 Å². The van der Waals surface area contributed by atoms with Gasteiger partial charge in [-0.05, 0) is 47.2 Å². The first kappa shape index (κ1) is 16.6. The fraction of sp³-hybridized carbons (Fsp3) is 0.176. The van der Waals surface area contributed by atoms with E-state index in [0.717, 1.165) is 11.3 Å². The lowest BCUT2D eigenvalue weighted by Gasteiger charge is -2.10. The largest absolute Gasteiger partial charge is 0.490 e. The SMILES string of the molecule is Cc1ccc(NC(=O)CCOc2ccccc2F)cc1-n1cnnn1. The topological polar surface area (TPSA) is 81.9 Å². The molecule has 7 nitrogen and oxygen atoms in total. The zero-order valence-electron chi connectivity index (χ0n) is 13.5. The van der Waals surface area contributed by atoms with Crippen LogP contribution in [0.1, 0.15) is 12.0 Å². The van der Waals surface area contributed by atoms with E-state index in [9.17, 15) is 9.18 Å². The third-order valence-corrected chi connectivity index (χ3v) is 3.51. The highest BCUT2D eigenvalue weighted by Gasteiger charge is 2.08. The van der Waals surface area contributed by atoms with Gasteiger partial charge in [0.05, 0.1) is 18.7 Å². The summed E-state index contributed by atoms with van der Waals surface area (Å²) in [5, 5.41) is 13.8. The number of ether oxygens (including phenoxy) is 1. The number of hydrogen-bond donors (Lipinski definition) is 1. The number of carbonyl (C=O) groups is 1. The van der Waals surface area contributed by atoms with Gasteiger partial charge in [0.15, 0.2) is 11.6 Å². The van der Waals surface area contributed by atoms with Gasteiger partial charge >= 0.3 is 0 Å². The third-order valence-electron chi connectivity index (χ3n) is 3.51. The van der Waals surface area contributed by atoms with E-state index >= 15 is 0 Å². The maximum atomic E-state index is 13.4. The first-order chi connectivity index (χ1) is 12.1. The monoisotopic (exact) mass is 341 g/mol. The van der Waals surface area contributed by atoms with Crippen molar-refractivity contribution in [1.29, 1.82) is 0 Å². The number of amides is 1. The van der Waals surface area contributed by atoms with Crippen molar-refractivity contribution in [2.45, 2.75) is 13.3 Å². The summed E-state index contributed by atoms with van der Waals surface area (Å²) >= 11 is 0. The summed E-state index contributed by atoms with van der Waals surface area (Å²) in [6.07, 6.45) is 1.58. The second kappa shape index (κ2) is 7.52. The standard InChI is InChI=1S/C17H16FN5O2/c1-12-6-7-13(10-15(12)23-11-19-21-22-23)20-17(24)8-9-25-16-5-3-2-4-14(16)18/h2-7,10-11H,8-9H2,1H3,(H,20,24). The molecule has 0 aliphatic carbocycles. The minimum atomic E-state index is -0.451. The quantitative estimate of drug-likeness (QED) is 0.745. The molecule has 0 saturated heterocycles. The molecule has 8 heteroatoms. The van der Waals surface area contributed by atoms with E-state index in [1.807, 2.05) is 13.0 Å². The molecular weight excluding hydrogens is 325 g/mol. The van der Waals surface area contributed by atoms with Crippen molar-refractivity contribution < 1.29 is 13.9 Å². The first-order valence-electron chi connectivity index (χ1n) is 7.64. The van der Waals surface area contributed by atoms with Crippen molar-refractivity contribution in [3.05, 3.63) is 60.2 Å². The van der Waals surface area contributed by atoms with E-state index < -0.39 is 5.82 Å². The molecule has 128 valence electrons. The molecule has 1 amide bonds. The van der Waals surface area contributed by atoms with Gasteiger partial charge in [0, 0.05) is 5.69 Å². The van der Waals surface area contributed by atoms with Crippen LogP contribution in [0, 0.1) is 12.7 Å². The molecule has 0 aliphatic heterocycles. The van der Waals surface area contributed by atoms with Crippen LogP contribution in [0.15, 0.2) is 48.8 Å². The van der Waals surface area contributed by atoms with Crippen LogP contribution >= 0.6 is 0 Å². The summed E-state index contributed by atoms with van der Waals surface area (Å²) in [4.78, 5) is 12.0. The van der Waals surface area contributed by atoms with Gasteiger partial charge in [-0.1, -0.05) is 18.2 Å². The number of nitrogens with one attached hydrogen (secondary N) is 1. The Morgan fingerprint density at radius 1 is 1.28 bits per heavy atom. The fourth-order valence-electron chi connectivity index (χ4n) is 2.24. The summed E-state index contributed by atoms with van der Waals surface area (Å²) < 4.78 is 20.2. The number of para-hydroxylation sites is 1. The van der Waals surface area contributed by atoms with E-state index in [-0.39, 0.29) is 24.7 Å². The van der Waals surface area contributed by atoms with Crippen molar-refractivity contribution in [2.24, 2.45) is 0 Å². The maximum absolute atomic E-state index is 13.4. The zero-order valence-corrected chi connectivity index (χ0v) is 13.5. The molecular formula is C17H16FN5O2. The lowest BCUT2D eigenvalue weighted by Crippen LogP contribution is -2.15. The summed E-state index contributed by atoms with van der Waals surface area (Å²) in [6, 6.07) is 11.5. The number of hydrogen-bond acceptors (Lipinski definition) is 5. The number of rotatable bonds is 6. The maximum Gasteiger partial charge on any atom is 0.227 e. The van der Waals surface area contributed by atoms with Crippen LogP contribution in [0.4, 0.5) is 10.1 Å². The van der Waals surface area contributed by atoms with Gasteiger partial charge < -0.3 is 10.1 Å². The fourth-order valence-corrected chi connectivity index (χ4v) is 2.24. The number of carbonyl (C=O) groups excluding carboxylic acids is 1. The van der Waals surface area contributed by atoms with Crippen LogP contribution < -0.4 is 10.1 Å². The Balaban J connectivity index is 1.58. The molecule has 25 heavy (non-hydrogen) atoms. The number of aryl methyl sites for hydroxylation is 1. The van der Waals surface area contributed by atoms with Crippen molar-refractivity contribution in [2.75, 3.05) is 11.9 Å². The van der Waals surface area contributed by atoms with Gasteiger partial charge in [0.2, 0.25) is 5.91 Å². The lowest BCUT2D eigenvalue weighted by molar-refractivity contribution is -0.116. The predicted octanol–water partition coefficient (Wildman–Crippen LogP) is 2.52. The first-order valence-corrected chi connectivity index (χ1v) is 7.64. The van der Waals surface area contributed by atoms with Gasteiger partial charge in [-0.2, -0.15) is 0 Å². The highest BCUT2D eigenvalue weighted by Crippen LogP contribution is 2.19. The normalized spacial score (nSPS) is 10.5. The van der Waals surface area contributed by atoms with Crippen LogP contribution in [-0.2, 0) is 4.79 Å². The van der Waals surface area contributed by atoms with Crippen molar-refractivity contribution >= 4 is 11.6 Å². The number of nitrogens with zero attached hydrogens (tertiary/aromatic N) is 4. The Kier molecular flexibility index (Phi) is 4.98. The van der Waals surface area contributed by atoms with Crippen molar-refractivity contribution in [3.63, 3.8) is 0 Å². The number of halogens is 1. The third kappa shape index (κ3) is 4.17. The number of tetrazole rings is 1. The molecule has 3 rings (SSSR count). The average molecular weight is 341 g/mol. The van der Waals surface area contributed by atoms with E-state index in [2.05, 4.69) is 20.8 Å². The molecule has 1 heterocycles. The van der Waals surface area contributed by atoms with E-state index in [1.165, 1.54) is 23.1 Å². The number of aromatic nitrogens is 4. The van der Waals surface area contributed by atoms with Crippen molar-refractivity contribution in [1.82, 2.24) is 20.2 Å². The second-order valence-corrected chi connectivity index (χ2v) is 5.33. The van der Waals surface area contributed by atoms with Crippen LogP contribution in [0.25, 0.3) is 5.69 Å².